The van der Waals surface area contributed by atoms with E-state index >= 15 is 0 Å². The zero-order chi connectivity index (χ0) is 21.8. The van der Waals surface area contributed by atoms with Crippen molar-refractivity contribution in [2.24, 2.45) is 17.8 Å². The van der Waals surface area contributed by atoms with E-state index in [1.165, 1.54) is 19.3 Å². The molecule has 2 N–H and O–H groups in total. The van der Waals surface area contributed by atoms with Crippen LogP contribution in [0.1, 0.15) is 58.3 Å². The first-order valence-electron chi connectivity index (χ1n) is 11.6. The molecule has 0 saturated heterocycles. The number of hydrogen-bond donors (Lipinski definition) is 2. The van der Waals surface area contributed by atoms with Crippen molar-refractivity contribution in [3.8, 4) is 0 Å². The number of nitrogens with zero attached hydrogens (tertiary/aromatic N) is 1. The zero-order valence-corrected chi connectivity index (χ0v) is 19.0. The van der Waals surface area contributed by atoms with Gasteiger partial charge in [-0.25, -0.2) is 13.1 Å². The molecular formula is C24H33N3O3S. The van der Waals surface area contributed by atoms with Gasteiger partial charge in [0.05, 0.1) is 5.52 Å². The van der Waals surface area contributed by atoms with Crippen LogP contribution in [0.5, 0.6) is 0 Å². The van der Waals surface area contributed by atoms with Crippen LogP contribution in [0.25, 0.3) is 10.9 Å². The number of carbonyl (C=O) groups is 1. The summed E-state index contributed by atoms with van der Waals surface area (Å²) in [5.74, 6) is 1.08. The van der Waals surface area contributed by atoms with Gasteiger partial charge in [0.1, 0.15) is 4.90 Å². The van der Waals surface area contributed by atoms with Crippen molar-refractivity contribution < 1.29 is 13.2 Å². The maximum atomic E-state index is 12.9. The normalized spacial score (nSPS) is 27.1. The lowest BCUT2D eigenvalue weighted by Gasteiger charge is -2.33. The van der Waals surface area contributed by atoms with Gasteiger partial charge in [0.2, 0.25) is 15.9 Å². The molecule has 1 aromatic heterocycles. The molecule has 0 aliphatic heterocycles. The topological polar surface area (TPSA) is 88.2 Å². The number of sulfonamides is 1. The van der Waals surface area contributed by atoms with E-state index in [9.17, 15) is 13.2 Å². The van der Waals surface area contributed by atoms with Crippen molar-refractivity contribution in [3.05, 3.63) is 36.5 Å². The van der Waals surface area contributed by atoms with Gasteiger partial charge in [-0.1, -0.05) is 38.0 Å². The van der Waals surface area contributed by atoms with Gasteiger partial charge in [0.25, 0.3) is 0 Å². The van der Waals surface area contributed by atoms with E-state index in [4.69, 9.17) is 0 Å². The first-order valence-corrected chi connectivity index (χ1v) is 13.1. The number of benzene rings is 1. The van der Waals surface area contributed by atoms with Crippen LogP contribution in [0.15, 0.2) is 41.4 Å². The summed E-state index contributed by atoms with van der Waals surface area (Å²) >= 11 is 0. The highest BCUT2D eigenvalue weighted by Crippen LogP contribution is 2.30. The molecule has 168 valence electrons. The van der Waals surface area contributed by atoms with E-state index in [1.54, 1.807) is 24.4 Å². The number of aromatic nitrogens is 1. The largest absolute Gasteiger partial charge is 0.353 e. The summed E-state index contributed by atoms with van der Waals surface area (Å²) in [7, 11) is -3.63. The molecule has 7 heteroatoms. The maximum absolute atomic E-state index is 12.9. The van der Waals surface area contributed by atoms with E-state index in [0.29, 0.717) is 24.0 Å². The van der Waals surface area contributed by atoms with Crippen LogP contribution in [-0.4, -0.2) is 31.9 Å². The average Bonchev–Trinajstić information content (AvgIpc) is 2.79. The first kappa shape index (κ1) is 22.2. The minimum atomic E-state index is -3.63. The number of nitrogens with one attached hydrogen (secondary N) is 2. The lowest BCUT2D eigenvalue weighted by atomic mass is 9.80. The Morgan fingerprint density at radius 1 is 1.03 bits per heavy atom. The molecule has 1 aromatic carbocycles. The van der Waals surface area contributed by atoms with Crippen LogP contribution in [-0.2, 0) is 14.8 Å². The van der Waals surface area contributed by atoms with Gasteiger partial charge in [-0.15, -0.1) is 0 Å². The quantitative estimate of drug-likeness (QED) is 0.706. The van der Waals surface area contributed by atoms with Gasteiger partial charge in [-0.05, 0) is 62.5 Å². The highest BCUT2D eigenvalue weighted by Gasteiger charge is 2.30. The third-order valence-corrected chi connectivity index (χ3v) is 8.56. The van der Waals surface area contributed by atoms with Gasteiger partial charge in [0.15, 0.2) is 0 Å². The van der Waals surface area contributed by atoms with Crippen molar-refractivity contribution >= 4 is 26.8 Å². The molecule has 2 aliphatic carbocycles. The van der Waals surface area contributed by atoms with Crippen LogP contribution in [0.3, 0.4) is 0 Å². The number of rotatable bonds is 6. The Balaban J connectivity index is 1.29. The molecule has 2 fully saturated rings. The summed E-state index contributed by atoms with van der Waals surface area (Å²) < 4.78 is 28.6. The second kappa shape index (κ2) is 9.65. The molecule has 2 aromatic rings. The van der Waals surface area contributed by atoms with Crippen molar-refractivity contribution in [3.63, 3.8) is 0 Å². The molecule has 4 rings (SSSR count). The molecule has 1 heterocycles. The molecule has 6 nitrogen and oxygen atoms in total. The summed E-state index contributed by atoms with van der Waals surface area (Å²) in [4.78, 5) is 17.2. The molecule has 0 unspecified atom stereocenters. The zero-order valence-electron chi connectivity index (χ0n) is 18.2. The Labute approximate surface area is 185 Å². The standard InChI is InChI=1S/C24H33N3O3S/c1-17-6-2-3-9-21(17)27-24(28)20-13-11-18(12-14-20)16-26-31(29,30)22-10-4-7-19-8-5-15-25-23(19)22/h4-5,7-8,10,15,17-18,20-21,26H,2-3,6,9,11-14,16H2,1H3,(H,27,28)/t17-,18?,20?,21+/m0/s1. The number of pyridine rings is 1. The summed E-state index contributed by atoms with van der Waals surface area (Å²) in [6.07, 6.45) is 9.77. The summed E-state index contributed by atoms with van der Waals surface area (Å²) in [5, 5.41) is 4.10. The van der Waals surface area contributed by atoms with Crippen LogP contribution in [0.4, 0.5) is 0 Å². The number of amides is 1. The fourth-order valence-corrected chi connectivity index (χ4v) is 6.35. The molecule has 1 amide bonds. The van der Waals surface area contributed by atoms with Crippen molar-refractivity contribution in [2.75, 3.05) is 6.54 Å². The van der Waals surface area contributed by atoms with Crippen LogP contribution in [0, 0.1) is 17.8 Å². The van der Waals surface area contributed by atoms with Gasteiger partial charge in [0, 0.05) is 30.1 Å². The van der Waals surface area contributed by atoms with Gasteiger partial charge < -0.3 is 5.32 Å². The highest BCUT2D eigenvalue weighted by molar-refractivity contribution is 7.89. The van der Waals surface area contributed by atoms with Crippen LogP contribution >= 0.6 is 0 Å². The minimum absolute atomic E-state index is 0.0595. The minimum Gasteiger partial charge on any atom is -0.353 e. The van der Waals surface area contributed by atoms with E-state index < -0.39 is 10.0 Å². The molecule has 0 radical (unpaired) electrons. The summed E-state index contributed by atoms with van der Waals surface area (Å²) in [5.41, 5.74) is 0.495. The van der Waals surface area contributed by atoms with Gasteiger partial charge in [-0.2, -0.15) is 0 Å². The maximum Gasteiger partial charge on any atom is 0.242 e. The molecule has 2 aliphatic rings. The highest BCUT2D eigenvalue weighted by atomic mass is 32.2. The Morgan fingerprint density at radius 3 is 2.55 bits per heavy atom. The average molecular weight is 444 g/mol. The Hall–Kier alpha value is -1.99. The van der Waals surface area contributed by atoms with E-state index in [-0.39, 0.29) is 22.6 Å². The van der Waals surface area contributed by atoms with E-state index in [1.807, 2.05) is 12.1 Å². The fourth-order valence-electron chi connectivity index (χ4n) is 5.06. The molecular weight excluding hydrogens is 410 g/mol. The molecule has 0 bridgehead atoms. The predicted molar refractivity (Wildman–Crippen MR) is 122 cm³/mol. The second-order valence-electron chi connectivity index (χ2n) is 9.28. The number of para-hydroxylation sites is 1. The van der Waals surface area contributed by atoms with E-state index in [2.05, 4.69) is 21.9 Å². The molecule has 2 saturated carbocycles. The van der Waals surface area contributed by atoms with Crippen molar-refractivity contribution in [1.29, 1.82) is 0 Å². The number of carbonyl (C=O) groups excluding carboxylic acids is 1. The molecule has 31 heavy (non-hydrogen) atoms. The Bertz CT molecular complexity index is 1010. The Morgan fingerprint density at radius 2 is 1.77 bits per heavy atom. The monoisotopic (exact) mass is 443 g/mol. The third-order valence-electron chi connectivity index (χ3n) is 7.10. The predicted octanol–water partition coefficient (Wildman–Crippen LogP) is 4.01. The smallest absolute Gasteiger partial charge is 0.242 e. The lowest BCUT2D eigenvalue weighted by Crippen LogP contribution is -2.44. The molecule has 2 atom stereocenters. The summed E-state index contributed by atoms with van der Waals surface area (Å²) in [6, 6.07) is 9.19. The second-order valence-corrected chi connectivity index (χ2v) is 11.0. The van der Waals surface area contributed by atoms with Gasteiger partial charge >= 0.3 is 0 Å². The number of hydrogen-bond acceptors (Lipinski definition) is 4. The fraction of sp³-hybridized carbons (Fsp3) is 0.583. The van der Waals surface area contributed by atoms with Crippen LogP contribution in [0.2, 0.25) is 0 Å². The van der Waals surface area contributed by atoms with Gasteiger partial charge in [-0.3, -0.25) is 9.78 Å². The first-order chi connectivity index (χ1) is 14.9. The number of fused-ring (bicyclic) bond motifs is 1. The van der Waals surface area contributed by atoms with Crippen molar-refractivity contribution in [1.82, 2.24) is 15.0 Å². The Kier molecular flexibility index (Phi) is 6.92. The lowest BCUT2D eigenvalue weighted by molar-refractivity contribution is -0.127. The SMILES string of the molecule is C[C@H]1CCCC[C@H]1NC(=O)C1CCC(CNS(=O)(=O)c2cccc3cccnc23)CC1. The molecule has 0 spiro atoms. The van der Waals surface area contributed by atoms with Crippen LogP contribution < -0.4 is 10.0 Å². The van der Waals surface area contributed by atoms with Crippen molar-refractivity contribution in [2.45, 2.75) is 69.2 Å². The third kappa shape index (κ3) is 5.26. The summed E-state index contributed by atoms with van der Waals surface area (Å²) in [6.45, 7) is 2.64. The van der Waals surface area contributed by atoms with E-state index in [0.717, 1.165) is 37.5 Å².